The van der Waals surface area contributed by atoms with Gasteiger partial charge in [-0.25, -0.2) is 0 Å². The van der Waals surface area contributed by atoms with Gasteiger partial charge in [0.1, 0.15) is 0 Å². The van der Waals surface area contributed by atoms with Gasteiger partial charge in [0, 0.05) is 0 Å². The largest absolute Gasteiger partial charge is 0.330 e. The van der Waals surface area contributed by atoms with Crippen molar-refractivity contribution in [3.05, 3.63) is 0 Å². The zero-order valence-corrected chi connectivity index (χ0v) is 15.5. The van der Waals surface area contributed by atoms with Crippen LogP contribution in [0.5, 0.6) is 0 Å². The molecule has 0 atom stereocenters. The summed E-state index contributed by atoms with van der Waals surface area (Å²) in [5.74, 6) is 0. The molecule has 134 valence electrons. The molecule has 0 aromatic heterocycles. The van der Waals surface area contributed by atoms with E-state index in [0.29, 0.717) is 0 Å². The van der Waals surface area contributed by atoms with Crippen molar-refractivity contribution in [3.8, 4) is 0 Å². The van der Waals surface area contributed by atoms with Crippen LogP contribution in [0.1, 0.15) is 110 Å². The van der Waals surface area contributed by atoms with Crippen LogP contribution in [-0.4, -0.2) is 19.6 Å². The molecule has 0 aromatic carbocycles. The van der Waals surface area contributed by atoms with E-state index < -0.39 is 0 Å². The van der Waals surface area contributed by atoms with Crippen molar-refractivity contribution in [2.24, 2.45) is 5.73 Å². The predicted octanol–water partition coefficient (Wildman–Crippen LogP) is 5.80. The molecular formula is C20H44N2. The van der Waals surface area contributed by atoms with Gasteiger partial charge in [-0.3, -0.25) is 0 Å². The van der Waals surface area contributed by atoms with Crippen molar-refractivity contribution in [3.63, 3.8) is 0 Å². The minimum absolute atomic E-state index is 0.868. The molecule has 0 aliphatic rings. The molecule has 0 aliphatic heterocycles. The normalized spacial score (nSPS) is 11.2. The Bertz CT molecular complexity index is 163. The molecule has 0 bridgehead atoms. The molecule has 0 rings (SSSR count). The van der Waals surface area contributed by atoms with Crippen LogP contribution in [0.2, 0.25) is 0 Å². The lowest BCUT2D eigenvalue weighted by molar-refractivity contribution is 0.530. The molecule has 0 fully saturated rings. The van der Waals surface area contributed by atoms with Crippen molar-refractivity contribution in [1.29, 1.82) is 0 Å². The van der Waals surface area contributed by atoms with Gasteiger partial charge in [0.2, 0.25) is 0 Å². The Labute approximate surface area is 141 Å². The smallest absolute Gasteiger partial charge is 0.00489 e. The molecule has 0 saturated carbocycles. The number of hydrogen-bond acceptors (Lipinski definition) is 2. The summed E-state index contributed by atoms with van der Waals surface area (Å²) in [5, 5.41) is 3.60. The van der Waals surface area contributed by atoms with Crippen molar-refractivity contribution in [2.45, 2.75) is 110 Å². The fourth-order valence-electron chi connectivity index (χ4n) is 2.96. The third kappa shape index (κ3) is 19.9. The monoisotopic (exact) mass is 312 g/mol. The van der Waals surface area contributed by atoms with Gasteiger partial charge in [-0.15, -0.1) is 0 Å². The van der Waals surface area contributed by atoms with Crippen molar-refractivity contribution < 1.29 is 0 Å². The lowest BCUT2D eigenvalue weighted by atomic mass is 10.1. The minimum atomic E-state index is 0.868. The highest BCUT2D eigenvalue weighted by Crippen LogP contribution is 2.10. The number of nitrogens with two attached hydrogens (primary N) is 1. The Hall–Kier alpha value is -0.0800. The van der Waals surface area contributed by atoms with Gasteiger partial charge >= 0.3 is 0 Å². The first-order chi connectivity index (χ1) is 10.9. The molecular weight excluding hydrogens is 268 g/mol. The zero-order chi connectivity index (χ0) is 16.1. The number of hydrogen-bond donors (Lipinski definition) is 2. The van der Waals surface area contributed by atoms with E-state index in [9.17, 15) is 0 Å². The Morgan fingerprint density at radius 2 is 0.864 bits per heavy atom. The summed E-state index contributed by atoms with van der Waals surface area (Å²) in [6.07, 6.45) is 22.3. The van der Waals surface area contributed by atoms with E-state index in [1.807, 2.05) is 0 Å². The van der Waals surface area contributed by atoms with Crippen LogP contribution >= 0.6 is 0 Å². The minimum Gasteiger partial charge on any atom is -0.330 e. The topological polar surface area (TPSA) is 38.0 Å². The molecule has 0 aromatic rings. The lowest BCUT2D eigenvalue weighted by Crippen LogP contribution is -2.16. The highest BCUT2D eigenvalue weighted by molar-refractivity contribution is 4.52. The highest BCUT2D eigenvalue weighted by atomic mass is 14.8. The van der Waals surface area contributed by atoms with Gasteiger partial charge in [0.25, 0.3) is 0 Å². The standard InChI is InChI=1S/C20H44N2/c1-2-3-4-5-13-16-19-22-20-17-14-11-9-7-6-8-10-12-15-18-21/h22H,2-21H2,1H3. The van der Waals surface area contributed by atoms with Gasteiger partial charge in [0.15, 0.2) is 0 Å². The Kier molecular flexibility index (Phi) is 20.8. The zero-order valence-electron chi connectivity index (χ0n) is 15.5. The van der Waals surface area contributed by atoms with Gasteiger partial charge in [-0.05, 0) is 38.9 Å². The Morgan fingerprint density at radius 1 is 0.500 bits per heavy atom. The molecule has 3 N–H and O–H groups in total. The van der Waals surface area contributed by atoms with Gasteiger partial charge in [-0.2, -0.15) is 0 Å². The summed E-state index contributed by atoms with van der Waals surface area (Å²) in [4.78, 5) is 0. The summed E-state index contributed by atoms with van der Waals surface area (Å²) in [6.45, 7) is 5.61. The van der Waals surface area contributed by atoms with E-state index in [1.54, 1.807) is 0 Å². The van der Waals surface area contributed by atoms with Crippen LogP contribution in [0.15, 0.2) is 0 Å². The average Bonchev–Trinajstić information content (AvgIpc) is 2.54. The van der Waals surface area contributed by atoms with Crippen LogP contribution in [0.3, 0.4) is 0 Å². The average molecular weight is 313 g/mol. The van der Waals surface area contributed by atoms with E-state index in [2.05, 4.69) is 12.2 Å². The molecule has 0 saturated heterocycles. The second-order valence-corrected chi connectivity index (χ2v) is 6.84. The molecule has 0 radical (unpaired) electrons. The van der Waals surface area contributed by atoms with Gasteiger partial charge in [-0.1, -0.05) is 90.4 Å². The first-order valence-corrected chi connectivity index (χ1v) is 10.3. The van der Waals surface area contributed by atoms with Crippen molar-refractivity contribution in [2.75, 3.05) is 19.6 Å². The van der Waals surface area contributed by atoms with Gasteiger partial charge in [0.05, 0.1) is 0 Å². The lowest BCUT2D eigenvalue weighted by Gasteiger charge is -2.05. The van der Waals surface area contributed by atoms with E-state index in [4.69, 9.17) is 5.73 Å². The Morgan fingerprint density at radius 3 is 1.27 bits per heavy atom. The molecule has 2 heteroatoms. The Balaban J connectivity index is 2.91. The molecule has 0 spiro atoms. The second kappa shape index (κ2) is 20.9. The van der Waals surface area contributed by atoms with Crippen molar-refractivity contribution in [1.82, 2.24) is 5.32 Å². The SMILES string of the molecule is CCCCCCCCNCCCCCCCCCCCCN. The molecule has 0 unspecified atom stereocenters. The predicted molar refractivity (Wildman–Crippen MR) is 101 cm³/mol. The van der Waals surface area contributed by atoms with Crippen LogP contribution in [-0.2, 0) is 0 Å². The maximum Gasteiger partial charge on any atom is -0.00489 e. The fraction of sp³-hybridized carbons (Fsp3) is 1.00. The van der Waals surface area contributed by atoms with E-state index in [-0.39, 0.29) is 0 Å². The van der Waals surface area contributed by atoms with Crippen LogP contribution in [0.25, 0.3) is 0 Å². The number of rotatable bonds is 19. The maximum absolute atomic E-state index is 5.50. The van der Waals surface area contributed by atoms with Crippen LogP contribution in [0, 0.1) is 0 Å². The first-order valence-electron chi connectivity index (χ1n) is 10.3. The molecule has 0 heterocycles. The quantitative estimate of drug-likeness (QED) is 0.296. The summed E-state index contributed by atoms with van der Waals surface area (Å²) < 4.78 is 0. The maximum atomic E-state index is 5.50. The first kappa shape index (κ1) is 21.9. The fourth-order valence-corrected chi connectivity index (χ4v) is 2.96. The van der Waals surface area contributed by atoms with E-state index >= 15 is 0 Å². The van der Waals surface area contributed by atoms with E-state index in [1.165, 1.54) is 116 Å². The third-order valence-electron chi connectivity index (χ3n) is 4.51. The summed E-state index contributed by atoms with van der Waals surface area (Å²) in [5.41, 5.74) is 5.50. The summed E-state index contributed by atoms with van der Waals surface area (Å²) >= 11 is 0. The van der Waals surface area contributed by atoms with Crippen LogP contribution in [0.4, 0.5) is 0 Å². The number of nitrogens with one attached hydrogen (secondary N) is 1. The van der Waals surface area contributed by atoms with Crippen LogP contribution < -0.4 is 11.1 Å². The summed E-state index contributed by atoms with van der Waals surface area (Å²) in [6, 6.07) is 0. The molecule has 0 amide bonds. The highest BCUT2D eigenvalue weighted by Gasteiger charge is 1.94. The molecule has 0 aliphatic carbocycles. The molecule has 22 heavy (non-hydrogen) atoms. The molecule has 2 nitrogen and oxygen atoms in total. The summed E-state index contributed by atoms with van der Waals surface area (Å²) in [7, 11) is 0. The van der Waals surface area contributed by atoms with Gasteiger partial charge < -0.3 is 11.1 Å². The third-order valence-corrected chi connectivity index (χ3v) is 4.51. The van der Waals surface area contributed by atoms with E-state index in [0.717, 1.165) is 6.54 Å². The second-order valence-electron chi connectivity index (χ2n) is 6.84. The van der Waals surface area contributed by atoms with Crippen molar-refractivity contribution >= 4 is 0 Å². The number of unbranched alkanes of at least 4 members (excludes halogenated alkanes) is 14.